The van der Waals surface area contributed by atoms with Gasteiger partial charge in [-0.25, -0.2) is 4.99 Å². The Morgan fingerprint density at radius 1 is 1.35 bits per heavy atom. The highest BCUT2D eigenvalue weighted by Gasteiger charge is 2.25. The van der Waals surface area contributed by atoms with Gasteiger partial charge in [0.2, 0.25) is 0 Å². The van der Waals surface area contributed by atoms with E-state index in [1.807, 2.05) is 37.3 Å². The summed E-state index contributed by atoms with van der Waals surface area (Å²) in [5.74, 6) is 0.362. The fourth-order valence-electron chi connectivity index (χ4n) is 2.03. The van der Waals surface area contributed by atoms with Crippen molar-refractivity contribution < 1.29 is 4.79 Å². The van der Waals surface area contributed by atoms with Crippen LogP contribution in [0.1, 0.15) is 25.5 Å². The Morgan fingerprint density at radius 2 is 2.00 bits per heavy atom. The van der Waals surface area contributed by atoms with Crippen LogP contribution in [0.3, 0.4) is 0 Å². The Morgan fingerprint density at radius 3 is 2.59 bits per heavy atom. The van der Waals surface area contributed by atoms with Crippen LogP contribution in [0.4, 0.5) is 0 Å². The lowest BCUT2D eigenvalue weighted by Gasteiger charge is -2.24. The first-order valence-electron chi connectivity index (χ1n) is 5.46. The summed E-state index contributed by atoms with van der Waals surface area (Å²) in [5, 5.41) is 2.90. The smallest absolute Gasteiger partial charge is 0.193 e. The molecule has 1 aliphatic heterocycles. The third kappa shape index (κ3) is 2.20. The third-order valence-corrected chi connectivity index (χ3v) is 2.76. The third-order valence-electron chi connectivity index (χ3n) is 2.76. The van der Waals surface area contributed by atoms with E-state index in [0.29, 0.717) is 11.5 Å². The Bertz CT molecular complexity index is 503. The van der Waals surface area contributed by atoms with Crippen LogP contribution >= 0.6 is 0 Å². The molecule has 0 fully saturated rings. The molecule has 3 N–H and O–H groups in total. The number of guanidine groups is 1. The van der Waals surface area contributed by atoms with Gasteiger partial charge in [0.25, 0.3) is 0 Å². The second-order valence-corrected chi connectivity index (χ2v) is 4.05. The van der Waals surface area contributed by atoms with E-state index in [2.05, 4.69) is 10.3 Å². The van der Waals surface area contributed by atoms with E-state index in [-0.39, 0.29) is 11.8 Å². The fraction of sp³-hybridized carbons (Fsp3) is 0.231. The van der Waals surface area contributed by atoms with Crippen LogP contribution in [0.2, 0.25) is 0 Å². The van der Waals surface area contributed by atoms with Gasteiger partial charge in [-0.05, 0) is 19.4 Å². The number of Topliss-reactive ketones (excluding diaryl/α,β-unsaturated/α-hetero) is 1. The molecule has 1 aromatic carbocycles. The highest BCUT2D eigenvalue weighted by Crippen LogP contribution is 2.30. The van der Waals surface area contributed by atoms with E-state index in [1.54, 1.807) is 6.92 Å². The molecule has 0 aromatic heterocycles. The Labute approximate surface area is 100 Å². The zero-order valence-electron chi connectivity index (χ0n) is 9.90. The number of nitrogens with one attached hydrogen (secondary N) is 1. The number of benzene rings is 1. The molecule has 0 amide bonds. The van der Waals surface area contributed by atoms with Gasteiger partial charge in [-0.3, -0.25) is 4.79 Å². The van der Waals surface area contributed by atoms with Crippen molar-refractivity contribution in [1.82, 2.24) is 5.32 Å². The van der Waals surface area contributed by atoms with Crippen LogP contribution in [0.5, 0.6) is 0 Å². The van der Waals surface area contributed by atoms with Crippen LogP contribution < -0.4 is 11.1 Å². The molecule has 1 heterocycles. The number of carbonyl (C=O) groups excluding carboxylic acids is 1. The van der Waals surface area contributed by atoms with Crippen molar-refractivity contribution in [2.24, 2.45) is 10.7 Å². The zero-order chi connectivity index (χ0) is 12.4. The second kappa shape index (κ2) is 4.41. The molecule has 0 spiro atoms. The molecule has 0 unspecified atom stereocenters. The monoisotopic (exact) mass is 229 g/mol. The lowest BCUT2D eigenvalue weighted by Crippen LogP contribution is -2.36. The lowest BCUT2D eigenvalue weighted by atomic mass is 9.94. The SMILES string of the molecule is CC(=O)C1=C(C)NC(N)=N[C@H]1c1ccccc1. The number of hydrogen-bond acceptors (Lipinski definition) is 4. The molecule has 1 atom stereocenters. The zero-order valence-corrected chi connectivity index (χ0v) is 9.90. The molecule has 0 bridgehead atoms. The van der Waals surface area contributed by atoms with Gasteiger partial charge in [-0.2, -0.15) is 0 Å². The predicted octanol–water partition coefficient (Wildman–Crippen LogP) is 1.51. The standard InChI is InChI=1S/C13H15N3O/c1-8-11(9(2)17)12(16-13(14)15-8)10-6-4-3-5-7-10/h3-7,12H,1-2H3,(H3,14,15,16)/t12-/m0/s1. The number of hydrogen-bond donors (Lipinski definition) is 2. The van der Waals surface area contributed by atoms with Gasteiger partial charge in [0.05, 0.1) is 0 Å². The average molecular weight is 229 g/mol. The molecule has 4 nitrogen and oxygen atoms in total. The van der Waals surface area contributed by atoms with Gasteiger partial charge in [-0.1, -0.05) is 30.3 Å². The summed E-state index contributed by atoms with van der Waals surface area (Å²) < 4.78 is 0. The first-order chi connectivity index (χ1) is 8.09. The maximum atomic E-state index is 11.7. The number of aliphatic imine (C=N–C) groups is 1. The molecular formula is C13H15N3O. The number of nitrogens with two attached hydrogens (primary N) is 1. The summed E-state index contributed by atoms with van der Waals surface area (Å²) in [7, 11) is 0. The fourth-order valence-corrected chi connectivity index (χ4v) is 2.03. The molecule has 88 valence electrons. The predicted molar refractivity (Wildman–Crippen MR) is 67.3 cm³/mol. The van der Waals surface area contributed by atoms with E-state index in [4.69, 9.17) is 5.73 Å². The number of carbonyl (C=O) groups is 1. The maximum absolute atomic E-state index is 11.7. The van der Waals surface area contributed by atoms with Crippen molar-refractivity contribution in [1.29, 1.82) is 0 Å². The van der Waals surface area contributed by atoms with Crippen LogP contribution in [0.25, 0.3) is 0 Å². The number of allylic oxidation sites excluding steroid dienone is 1. The summed E-state index contributed by atoms with van der Waals surface area (Å²) in [6, 6.07) is 9.38. The lowest BCUT2D eigenvalue weighted by molar-refractivity contribution is -0.113. The Kier molecular flexibility index (Phi) is 2.95. The Balaban J connectivity index is 2.49. The molecule has 0 radical (unpaired) electrons. The van der Waals surface area contributed by atoms with Gasteiger partial charge in [-0.15, -0.1) is 0 Å². The van der Waals surface area contributed by atoms with Crippen LogP contribution in [0, 0.1) is 0 Å². The van der Waals surface area contributed by atoms with Crippen molar-refractivity contribution in [2.45, 2.75) is 19.9 Å². The maximum Gasteiger partial charge on any atom is 0.193 e. The normalized spacial score (nSPS) is 19.6. The minimum Gasteiger partial charge on any atom is -0.370 e. The van der Waals surface area contributed by atoms with Gasteiger partial charge in [0.1, 0.15) is 6.04 Å². The first kappa shape index (κ1) is 11.4. The summed E-state index contributed by atoms with van der Waals surface area (Å²) >= 11 is 0. The average Bonchev–Trinajstić information content (AvgIpc) is 2.28. The molecule has 0 saturated heterocycles. The minimum absolute atomic E-state index is 0.0140. The van der Waals surface area contributed by atoms with Crippen molar-refractivity contribution in [3.63, 3.8) is 0 Å². The molecule has 0 aliphatic carbocycles. The van der Waals surface area contributed by atoms with E-state index < -0.39 is 0 Å². The highest BCUT2D eigenvalue weighted by molar-refractivity contribution is 5.98. The topological polar surface area (TPSA) is 67.5 Å². The summed E-state index contributed by atoms with van der Waals surface area (Å²) in [5.41, 5.74) is 8.13. The molecule has 4 heteroatoms. The van der Waals surface area contributed by atoms with Crippen molar-refractivity contribution in [2.75, 3.05) is 0 Å². The molecular weight excluding hydrogens is 214 g/mol. The largest absolute Gasteiger partial charge is 0.370 e. The van der Waals surface area contributed by atoms with Gasteiger partial charge >= 0.3 is 0 Å². The van der Waals surface area contributed by atoms with Crippen molar-refractivity contribution in [3.05, 3.63) is 47.2 Å². The highest BCUT2D eigenvalue weighted by atomic mass is 16.1. The van der Waals surface area contributed by atoms with Crippen LogP contribution in [-0.2, 0) is 4.79 Å². The number of ketones is 1. The van der Waals surface area contributed by atoms with E-state index in [1.165, 1.54) is 0 Å². The first-order valence-corrected chi connectivity index (χ1v) is 5.46. The van der Waals surface area contributed by atoms with E-state index >= 15 is 0 Å². The summed E-state index contributed by atoms with van der Waals surface area (Å²) in [4.78, 5) is 16.0. The van der Waals surface area contributed by atoms with Crippen LogP contribution in [-0.4, -0.2) is 11.7 Å². The van der Waals surface area contributed by atoms with Gasteiger partial charge in [0, 0.05) is 11.3 Å². The Hall–Kier alpha value is -2.10. The molecule has 1 aromatic rings. The summed E-state index contributed by atoms with van der Waals surface area (Å²) in [6.45, 7) is 3.39. The summed E-state index contributed by atoms with van der Waals surface area (Å²) in [6.07, 6.45) is 0. The van der Waals surface area contributed by atoms with E-state index in [0.717, 1.165) is 11.3 Å². The number of rotatable bonds is 2. The second-order valence-electron chi connectivity index (χ2n) is 4.05. The molecule has 17 heavy (non-hydrogen) atoms. The minimum atomic E-state index is -0.296. The van der Waals surface area contributed by atoms with Crippen LogP contribution in [0.15, 0.2) is 46.6 Å². The molecule has 1 aliphatic rings. The van der Waals surface area contributed by atoms with Crippen molar-refractivity contribution in [3.8, 4) is 0 Å². The quantitative estimate of drug-likeness (QED) is 0.807. The van der Waals surface area contributed by atoms with E-state index in [9.17, 15) is 4.79 Å². The van der Waals surface area contributed by atoms with Crippen molar-refractivity contribution >= 4 is 11.7 Å². The number of nitrogens with zero attached hydrogens (tertiary/aromatic N) is 1. The van der Waals surface area contributed by atoms with Gasteiger partial charge < -0.3 is 11.1 Å². The molecule has 0 saturated carbocycles. The molecule has 2 rings (SSSR count). The van der Waals surface area contributed by atoms with Gasteiger partial charge in [0.15, 0.2) is 11.7 Å².